The van der Waals surface area contributed by atoms with E-state index < -0.39 is 0 Å². The van der Waals surface area contributed by atoms with Gasteiger partial charge in [-0.15, -0.1) is 0 Å². The Hall–Kier alpha value is -1.86. The van der Waals surface area contributed by atoms with Crippen LogP contribution in [0.2, 0.25) is 0 Å². The Morgan fingerprint density at radius 1 is 0.824 bits per heavy atom. The van der Waals surface area contributed by atoms with E-state index in [2.05, 4.69) is 125 Å². The van der Waals surface area contributed by atoms with Gasteiger partial charge in [-0.05, 0) is 38.8 Å². The first-order chi connectivity index (χ1) is 16.0. The van der Waals surface area contributed by atoms with Gasteiger partial charge in [-0.25, -0.2) is 22.6 Å². The fourth-order valence-electron chi connectivity index (χ4n) is 4.77. The summed E-state index contributed by atoms with van der Waals surface area (Å²) in [7, 11) is 1.47. The molecule has 5 heteroatoms. The van der Waals surface area contributed by atoms with Gasteiger partial charge in [0.1, 0.15) is 11.4 Å². The molecule has 0 bridgehead atoms. The molecule has 0 aromatic heterocycles. The van der Waals surface area contributed by atoms with Crippen molar-refractivity contribution in [2.75, 3.05) is 7.11 Å². The second-order valence-electron chi connectivity index (χ2n) is 10.3. The second-order valence-corrected chi connectivity index (χ2v) is 11.4. The van der Waals surface area contributed by atoms with Gasteiger partial charge in [0.25, 0.3) is 0 Å². The highest BCUT2D eigenvalue weighted by Crippen LogP contribution is 2.41. The molecule has 1 N–H and O–H groups in total. The monoisotopic (exact) mass is 574 g/mol. The number of halogens is 1. The van der Waals surface area contributed by atoms with E-state index in [1.54, 1.807) is 0 Å². The zero-order valence-electron chi connectivity index (χ0n) is 22.0. The summed E-state index contributed by atoms with van der Waals surface area (Å²) in [6, 6.07) is 13.7. The molecule has 2 aromatic rings. The van der Waals surface area contributed by atoms with E-state index in [1.165, 1.54) is 35.1 Å². The van der Waals surface area contributed by atoms with Crippen LogP contribution in [0.25, 0.3) is 0 Å². The first-order valence-electron chi connectivity index (χ1n) is 12.3. The molecule has 184 valence electrons. The average Bonchev–Trinajstić information content (AvgIpc) is 3.13. The van der Waals surface area contributed by atoms with Crippen molar-refractivity contribution in [2.45, 2.75) is 79.1 Å². The van der Waals surface area contributed by atoms with Crippen LogP contribution in [0.3, 0.4) is 0 Å². The van der Waals surface area contributed by atoms with E-state index >= 15 is 0 Å². The van der Waals surface area contributed by atoms with Crippen LogP contribution >= 0.6 is 22.6 Å². The van der Waals surface area contributed by atoms with Crippen LogP contribution in [0, 0.1) is 10.1 Å². The van der Waals surface area contributed by atoms with Crippen LogP contribution in [-0.2, 0) is 9.53 Å². The maximum Gasteiger partial charge on any atom is 0.313 e. The number of carbonyl (C=O) groups is 1. The first-order valence-corrected chi connectivity index (χ1v) is 13.3. The Morgan fingerprint density at radius 3 is 1.62 bits per heavy atom. The number of methoxy groups -OCH3 is 1. The number of quaternary nitrogens is 1. The third-order valence-corrected chi connectivity index (χ3v) is 7.64. The molecule has 0 spiro atoms. The zero-order valence-corrected chi connectivity index (χ0v) is 24.2. The van der Waals surface area contributed by atoms with Gasteiger partial charge in [-0.2, -0.15) is 0 Å². The fraction of sp³-hybridized carbons (Fsp3) is 0.448. The highest BCUT2D eigenvalue weighted by atomic mass is 127. The lowest BCUT2D eigenvalue weighted by Crippen LogP contribution is -3.05. The molecule has 1 unspecified atom stereocenters. The molecule has 0 fully saturated rings. The van der Waals surface area contributed by atoms with Gasteiger partial charge in [0.15, 0.2) is 0 Å². The smallest absolute Gasteiger partial charge is 0.313 e. The minimum atomic E-state index is -0.308. The normalized spacial score (nSPS) is 16.8. The number of rotatable bonds is 7. The van der Waals surface area contributed by atoms with E-state index in [0.29, 0.717) is 29.7 Å². The fourth-order valence-corrected chi connectivity index (χ4v) is 5.66. The Morgan fingerprint density at radius 2 is 1.24 bits per heavy atom. The van der Waals surface area contributed by atoms with Gasteiger partial charge in [0.2, 0.25) is 6.34 Å². The molecule has 1 heterocycles. The molecule has 0 aliphatic carbocycles. The summed E-state index contributed by atoms with van der Waals surface area (Å²) in [4.78, 5) is 14.3. The highest BCUT2D eigenvalue weighted by molar-refractivity contribution is 14.1. The molecule has 1 aliphatic heterocycles. The van der Waals surface area contributed by atoms with Crippen molar-refractivity contribution in [3.8, 4) is 0 Å². The Bertz CT molecular complexity index is 1020. The van der Waals surface area contributed by atoms with Gasteiger partial charge in [-0.3, -0.25) is 9.37 Å². The van der Waals surface area contributed by atoms with Crippen LogP contribution in [0.15, 0.2) is 36.4 Å². The quantitative estimate of drug-likeness (QED) is 0.131. The predicted octanol–water partition coefficient (Wildman–Crippen LogP) is 6.71. The lowest BCUT2D eigenvalue weighted by molar-refractivity contribution is -0.688. The van der Waals surface area contributed by atoms with Crippen molar-refractivity contribution in [1.29, 1.82) is 0 Å². The zero-order chi connectivity index (χ0) is 25.3. The van der Waals surface area contributed by atoms with Gasteiger partial charge >= 0.3 is 5.97 Å². The summed E-state index contributed by atoms with van der Waals surface area (Å²) in [5, 5.41) is 0. The number of nitrogens with one attached hydrogen (secondary N) is 1. The number of para-hydroxylation sites is 2. The van der Waals surface area contributed by atoms with Crippen molar-refractivity contribution in [2.24, 2.45) is 0 Å². The molecule has 0 amide bonds. The number of nitrogens with zero attached hydrogens (tertiary/aromatic N) is 1. The molecule has 0 saturated carbocycles. The van der Waals surface area contributed by atoms with E-state index in [0.717, 1.165) is 14.6 Å². The lowest BCUT2D eigenvalue weighted by Gasteiger charge is -2.33. The van der Waals surface area contributed by atoms with Gasteiger partial charge in [0.05, 0.1) is 13.2 Å². The highest BCUT2D eigenvalue weighted by Gasteiger charge is 2.39. The number of hydrogen-bond donors (Lipinski definition) is 1. The molecular formula is C29H39IN2O2. The van der Waals surface area contributed by atoms with Gasteiger partial charge in [0, 0.05) is 11.1 Å². The van der Waals surface area contributed by atoms with Crippen LogP contribution in [0.1, 0.15) is 101 Å². The second kappa shape index (κ2) is 10.8. The van der Waals surface area contributed by atoms with E-state index in [9.17, 15) is 4.79 Å². The minimum absolute atomic E-state index is 0.308. The van der Waals surface area contributed by atoms with Crippen LogP contribution in [-0.4, -0.2) is 24.0 Å². The average molecular weight is 575 g/mol. The largest absolute Gasteiger partial charge is 0.473 e. The minimum Gasteiger partial charge on any atom is -0.473 e. The van der Waals surface area contributed by atoms with Crippen LogP contribution < -0.4 is 4.90 Å². The molecule has 0 saturated heterocycles. The Kier molecular flexibility index (Phi) is 8.51. The summed E-state index contributed by atoms with van der Waals surface area (Å²) in [6.07, 6.45) is 2.17. The van der Waals surface area contributed by atoms with Crippen LogP contribution in [0.5, 0.6) is 0 Å². The van der Waals surface area contributed by atoms with Crippen molar-refractivity contribution in [3.63, 3.8) is 0 Å². The van der Waals surface area contributed by atoms with Crippen molar-refractivity contribution >= 4 is 46.3 Å². The molecule has 0 radical (unpaired) electrons. The topological polar surface area (TPSA) is 33.8 Å². The molecule has 3 rings (SSSR count). The molecule has 1 aliphatic rings. The molecular weight excluding hydrogens is 535 g/mol. The standard InChI is InChI=1S/C29H39IN2O2/c1-17(2)21-12-10-13-22(18(3)4)25(21)31-16-32(28(30)27(31)29(33)34-9)26-23(19(5)6)14-11-15-24(26)20(7)8/h10-20,32H,1-9H3. The number of ether oxygens (including phenoxy) is 1. The summed E-state index contributed by atoms with van der Waals surface area (Å²) < 4.78 is 8.36. The number of benzene rings is 2. The number of hydrogen-bond acceptors (Lipinski definition) is 2. The molecule has 4 nitrogen and oxygen atoms in total. The first kappa shape index (κ1) is 26.7. The molecule has 1 atom stereocenters. The van der Waals surface area contributed by atoms with Crippen LogP contribution in [0.4, 0.5) is 11.4 Å². The van der Waals surface area contributed by atoms with E-state index in [-0.39, 0.29) is 5.97 Å². The van der Waals surface area contributed by atoms with Crippen molar-refractivity contribution in [3.05, 3.63) is 68.7 Å². The molecule has 2 aromatic carbocycles. The maximum absolute atomic E-state index is 13.2. The predicted molar refractivity (Wildman–Crippen MR) is 148 cm³/mol. The Balaban J connectivity index is 2.36. The Labute approximate surface area is 219 Å². The summed E-state index contributed by atoms with van der Waals surface area (Å²) in [6.45, 7) is 17.8. The van der Waals surface area contributed by atoms with Crippen molar-refractivity contribution < 1.29 is 19.0 Å². The number of carbonyl (C=O) groups excluding carboxylic acids is 1. The van der Waals surface area contributed by atoms with Gasteiger partial charge < -0.3 is 9.64 Å². The van der Waals surface area contributed by atoms with Gasteiger partial charge in [-0.1, -0.05) is 91.8 Å². The third kappa shape index (κ3) is 4.92. The maximum atomic E-state index is 13.2. The van der Waals surface area contributed by atoms with E-state index in [4.69, 9.17) is 4.74 Å². The lowest BCUT2D eigenvalue weighted by atomic mass is 9.92. The number of esters is 1. The van der Waals surface area contributed by atoms with E-state index in [1.807, 2.05) is 0 Å². The summed E-state index contributed by atoms with van der Waals surface area (Å²) in [5.41, 5.74) is 7.42. The van der Waals surface area contributed by atoms with Crippen molar-refractivity contribution in [1.82, 2.24) is 0 Å². The molecule has 34 heavy (non-hydrogen) atoms. The third-order valence-electron chi connectivity index (χ3n) is 6.55. The summed E-state index contributed by atoms with van der Waals surface area (Å²) in [5.74, 6) is 1.05. The SMILES string of the molecule is COC(=O)[C-]1[C-](I)[NH+](c2c(C(C)C)cccc2C(C)C)C=[N+]1c1c(C(C)C)cccc1C(C)C. The summed E-state index contributed by atoms with van der Waals surface area (Å²) >= 11 is 2.35.